The van der Waals surface area contributed by atoms with Crippen molar-refractivity contribution in [3.8, 4) is 0 Å². The number of likely N-dealkylation sites (tertiary alicyclic amines) is 1. The van der Waals surface area contributed by atoms with E-state index in [0.29, 0.717) is 24.5 Å². The van der Waals surface area contributed by atoms with Gasteiger partial charge in [-0.15, -0.1) is 0 Å². The van der Waals surface area contributed by atoms with Gasteiger partial charge in [0, 0.05) is 11.9 Å². The molecular weight excluding hydrogens is 182 g/mol. The molecule has 0 radical (unpaired) electrons. The zero-order valence-corrected chi connectivity index (χ0v) is 7.95. The van der Waals surface area contributed by atoms with Crippen molar-refractivity contribution in [2.45, 2.75) is 12.5 Å². The van der Waals surface area contributed by atoms with Crippen molar-refractivity contribution in [3.63, 3.8) is 0 Å². The minimum absolute atomic E-state index is 0.117. The number of aromatic amines is 1. The largest absolute Gasteiger partial charge is 0.397 e. The first kappa shape index (κ1) is 9.08. The van der Waals surface area contributed by atoms with E-state index in [0.717, 1.165) is 0 Å². The van der Waals surface area contributed by atoms with Crippen molar-refractivity contribution in [2.75, 3.05) is 18.8 Å². The fourth-order valence-corrected chi connectivity index (χ4v) is 1.62. The van der Waals surface area contributed by atoms with E-state index in [1.165, 1.54) is 0 Å². The molecule has 0 aliphatic carbocycles. The Balaban J connectivity index is 2.04. The first-order valence-corrected chi connectivity index (χ1v) is 4.43. The number of rotatable bonds is 1. The Kier molecular flexibility index (Phi) is 1.78. The monoisotopic (exact) mass is 195 g/mol. The quantitative estimate of drug-likeness (QED) is 0.580. The number of H-pyrrole nitrogens is 1. The Morgan fingerprint density at radius 2 is 2.36 bits per heavy atom. The van der Waals surface area contributed by atoms with E-state index in [2.05, 4.69) is 4.98 Å². The predicted octanol–water partition coefficient (Wildman–Crippen LogP) is -0.196. The van der Waals surface area contributed by atoms with Crippen LogP contribution in [-0.4, -0.2) is 39.6 Å². The summed E-state index contributed by atoms with van der Waals surface area (Å²) in [6, 6.07) is 1.59. The number of carbonyl (C=O) groups is 1. The van der Waals surface area contributed by atoms with Crippen LogP contribution in [0, 0.1) is 0 Å². The number of hydrogen-bond donors (Lipinski definition) is 3. The lowest BCUT2D eigenvalue weighted by atomic mass is 9.97. The number of hydrogen-bond acceptors (Lipinski definition) is 3. The van der Waals surface area contributed by atoms with Crippen LogP contribution in [0.1, 0.15) is 17.4 Å². The van der Waals surface area contributed by atoms with Gasteiger partial charge in [-0.2, -0.15) is 0 Å². The molecule has 1 fully saturated rings. The summed E-state index contributed by atoms with van der Waals surface area (Å²) in [5, 5.41) is 9.46. The van der Waals surface area contributed by atoms with Gasteiger partial charge in [0.05, 0.1) is 18.7 Å². The lowest BCUT2D eigenvalue weighted by Crippen LogP contribution is -2.61. The standard InChI is InChI=1S/C9H13N3O2/c1-9(14)4-12(5-9)8(13)7-2-6(10)3-11-7/h2-3,11,14H,4-5,10H2,1H3. The Morgan fingerprint density at radius 1 is 1.71 bits per heavy atom. The third-order valence-corrected chi connectivity index (χ3v) is 2.29. The third-order valence-electron chi connectivity index (χ3n) is 2.29. The van der Waals surface area contributed by atoms with Crippen LogP contribution >= 0.6 is 0 Å². The van der Waals surface area contributed by atoms with Crippen LogP contribution in [0.5, 0.6) is 0 Å². The Morgan fingerprint density at radius 3 is 2.79 bits per heavy atom. The zero-order chi connectivity index (χ0) is 10.3. The second-order valence-corrected chi connectivity index (χ2v) is 4.00. The van der Waals surface area contributed by atoms with Gasteiger partial charge in [0.25, 0.3) is 5.91 Å². The van der Waals surface area contributed by atoms with E-state index < -0.39 is 5.60 Å². The molecule has 4 N–H and O–H groups in total. The molecule has 0 spiro atoms. The third kappa shape index (κ3) is 1.46. The van der Waals surface area contributed by atoms with Crippen LogP contribution in [0.25, 0.3) is 0 Å². The molecule has 1 amide bonds. The normalized spacial score (nSPS) is 19.1. The summed E-state index contributed by atoms with van der Waals surface area (Å²) in [5.74, 6) is -0.117. The molecule has 1 aliphatic heterocycles. The maximum Gasteiger partial charge on any atom is 0.270 e. The Bertz CT molecular complexity index is 362. The van der Waals surface area contributed by atoms with Gasteiger partial charge in [0.1, 0.15) is 5.69 Å². The van der Waals surface area contributed by atoms with Gasteiger partial charge < -0.3 is 20.7 Å². The van der Waals surface area contributed by atoms with Crippen LogP contribution in [0.4, 0.5) is 5.69 Å². The molecule has 5 heteroatoms. The maximum atomic E-state index is 11.7. The summed E-state index contributed by atoms with van der Waals surface area (Å²) < 4.78 is 0. The smallest absolute Gasteiger partial charge is 0.270 e. The number of aromatic nitrogens is 1. The molecule has 1 aliphatic rings. The van der Waals surface area contributed by atoms with E-state index in [1.807, 2.05) is 0 Å². The lowest BCUT2D eigenvalue weighted by molar-refractivity contribution is -0.0670. The van der Waals surface area contributed by atoms with E-state index >= 15 is 0 Å². The van der Waals surface area contributed by atoms with Crippen LogP contribution in [0.3, 0.4) is 0 Å². The number of aliphatic hydroxyl groups is 1. The summed E-state index contributed by atoms with van der Waals surface area (Å²) in [5.41, 5.74) is 5.76. The highest BCUT2D eigenvalue weighted by Gasteiger charge is 2.39. The number of nitrogen functional groups attached to an aromatic ring is 1. The predicted molar refractivity (Wildman–Crippen MR) is 51.7 cm³/mol. The fourth-order valence-electron chi connectivity index (χ4n) is 1.62. The molecule has 2 heterocycles. The van der Waals surface area contributed by atoms with Crippen molar-refractivity contribution < 1.29 is 9.90 Å². The van der Waals surface area contributed by atoms with Crippen LogP contribution in [0.2, 0.25) is 0 Å². The van der Waals surface area contributed by atoms with Crippen molar-refractivity contribution in [1.82, 2.24) is 9.88 Å². The number of nitrogens with zero attached hydrogens (tertiary/aromatic N) is 1. The van der Waals surface area contributed by atoms with Crippen molar-refractivity contribution in [3.05, 3.63) is 18.0 Å². The topological polar surface area (TPSA) is 82.3 Å². The molecule has 1 aromatic rings. The summed E-state index contributed by atoms with van der Waals surface area (Å²) in [4.78, 5) is 16.0. The highest BCUT2D eigenvalue weighted by molar-refractivity contribution is 5.94. The molecule has 1 saturated heterocycles. The van der Waals surface area contributed by atoms with Crippen LogP contribution in [0.15, 0.2) is 12.3 Å². The van der Waals surface area contributed by atoms with Gasteiger partial charge in [-0.3, -0.25) is 4.79 Å². The summed E-state index contributed by atoms with van der Waals surface area (Å²) >= 11 is 0. The SMILES string of the molecule is CC1(O)CN(C(=O)c2cc(N)c[nH]2)C1. The number of carbonyl (C=O) groups excluding carboxylic acids is 1. The molecular formula is C9H13N3O2. The second-order valence-electron chi connectivity index (χ2n) is 4.00. The molecule has 2 rings (SSSR count). The lowest BCUT2D eigenvalue weighted by Gasteiger charge is -2.43. The average molecular weight is 195 g/mol. The van der Waals surface area contributed by atoms with Gasteiger partial charge in [0.15, 0.2) is 0 Å². The number of amides is 1. The summed E-state index contributed by atoms with van der Waals surface area (Å²) in [7, 11) is 0. The van der Waals surface area contributed by atoms with Gasteiger partial charge >= 0.3 is 0 Å². The van der Waals surface area contributed by atoms with Gasteiger partial charge in [-0.1, -0.05) is 0 Å². The maximum absolute atomic E-state index is 11.7. The molecule has 14 heavy (non-hydrogen) atoms. The minimum atomic E-state index is -0.728. The van der Waals surface area contributed by atoms with Gasteiger partial charge in [-0.25, -0.2) is 0 Å². The van der Waals surface area contributed by atoms with Gasteiger partial charge in [-0.05, 0) is 13.0 Å². The van der Waals surface area contributed by atoms with E-state index in [1.54, 1.807) is 24.1 Å². The molecule has 5 nitrogen and oxygen atoms in total. The molecule has 0 aromatic carbocycles. The number of anilines is 1. The van der Waals surface area contributed by atoms with Crippen LogP contribution in [-0.2, 0) is 0 Å². The molecule has 0 unspecified atom stereocenters. The molecule has 0 saturated carbocycles. The van der Waals surface area contributed by atoms with E-state index in [9.17, 15) is 9.90 Å². The minimum Gasteiger partial charge on any atom is -0.397 e. The number of nitrogens with one attached hydrogen (secondary N) is 1. The Labute approximate surface area is 81.5 Å². The molecule has 1 aromatic heterocycles. The van der Waals surface area contributed by atoms with E-state index in [-0.39, 0.29) is 5.91 Å². The summed E-state index contributed by atoms with van der Waals surface area (Å²) in [6.45, 7) is 2.47. The molecule has 0 bridgehead atoms. The Hall–Kier alpha value is -1.49. The number of nitrogens with two attached hydrogens (primary N) is 1. The van der Waals surface area contributed by atoms with Crippen molar-refractivity contribution >= 4 is 11.6 Å². The average Bonchev–Trinajstić information content (AvgIpc) is 2.46. The second kappa shape index (κ2) is 2.75. The summed E-state index contributed by atoms with van der Waals surface area (Å²) in [6.07, 6.45) is 1.57. The molecule has 76 valence electrons. The number of β-amino-alcohol motifs (C(OH)–C–C–N with tert-alkyl or cyclic N) is 1. The zero-order valence-electron chi connectivity index (χ0n) is 7.95. The van der Waals surface area contributed by atoms with Crippen molar-refractivity contribution in [1.29, 1.82) is 0 Å². The highest BCUT2D eigenvalue weighted by Crippen LogP contribution is 2.22. The van der Waals surface area contributed by atoms with E-state index in [4.69, 9.17) is 5.73 Å². The highest BCUT2D eigenvalue weighted by atomic mass is 16.3. The first-order valence-electron chi connectivity index (χ1n) is 4.43. The first-order chi connectivity index (χ1) is 6.48. The fraction of sp³-hybridized carbons (Fsp3) is 0.444. The molecule has 0 atom stereocenters. The van der Waals surface area contributed by atoms with Crippen molar-refractivity contribution in [2.24, 2.45) is 0 Å². The van der Waals surface area contributed by atoms with Crippen LogP contribution < -0.4 is 5.73 Å². The van der Waals surface area contributed by atoms with Gasteiger partial charge in [0.2, 0.25) is 0 Å².